The number of rotatable bonds is 5. The molecule has 8 atom stereocenters. The van der Waals surface area contributed by atoms with Gasteiger partial charge < -0.3 is 0 Å². The lowest BCUT2D eigenvalue weighted by Gasteiger charge is -2.40. The first-order valence-corrected chi connectivity index (χ1v) is 9.62. The van der Waals surface area contributed by atoms with Gasteiger partial charge in [0.15, 0.2) is 0 Å². The Morgan fingerprint density at radius 1 is 1.05 bits per heavy atom. The minimum atomic E-state index is 0.886. The second kappa shape index (κ2) is 4.83. The van der Waals surface area contributed by atoms with Crippen molar-refractivity contribution in [2.24, 2.45) is 41.4 Å². The van der Waals surface area contributed by atoms with Crippen molar-refractivity contribution in [2.75, 3.05) is 5.75 Å². The van der Waals surface area contributed by atoms with Gasteiger partial charge in [-0.3, -0.25) is 0 Å². The fraction of sp³-hybridized carbons (Fsp3) is 0.889. The summed E-state index contributed by atoms with van der Waals surface area (Å²) in [6, 6.07) is 0. The van der Waals surface area contributed by atoms with Crippen LogP contribution in [0.15, 0.2) is 12.7 Å². The maximum absolute atomic E-state index is 4.10. The first-order valence-electron chi connectivity index (χ1n) is 8.57. The van der Waals surface area contributed by atoms with E-state index in [1.165, 1.54) is 25.0 Å². The minimum absolute atomic E-state index is 0.886. The number of thioether (sulfide) groups is 1. The molecule has 0 aromatic heterocycles. The van der Waals surface area contributed by atoms with Crippen LogP contribution in [0.4, 0.5) is 0 Å². The predicted molar refractivity (Wildman–Crippen MR) is 84.2 cm³/mol. The van der Waals surface area contributed by atoms with Crippen LogP contribution in [0.3, 0.4) is 0 Å². The van der Waals surface area contributed by atoms with E-state index >= 15 is 0 Å². The van der Waals surface area contributed by atoms with Gasteiger partial charge in [0, 0.05) is 5.25 Å². The molecular formula is C18H28S. The van der Waals surface area contributed by atoms with Crippen molar-refractivity contribution in [1.82, 2.24) is 0 Å². The van der Waals surface area contributed by atoms with Crippen LogP contribution in [-0.4, -0.2) is 11.0 Å². The highest BCUT2D eigenvalue weighted by Crippen LogP contribution is 2.70. The van der Waals surface area contributed by atoms with Crippen molar-refractivity contribution in [3.05, 3.63) is 12.7 Å². The second-order valence-corrected chi connectivity index (χ2v) is 8.95. The van der Waals surface area contributed by atoms with Crippen LogP contribution in [0.5, 0.6) is 0 Å². The number of hydrogen-bond donors (Lipinski definition) is 0. The third-order valence-corrected chi connectivity index (χ3v) is 8.44. The monoisotopic (exact) mass is 276 g/mol. The molecule has 0 spiro atoms. The van der Waals surface area contributed by atoms with E-state index in [1.807, 2.05) is 0 Å². The van der Waals surface area contributed by atoms with E-state index in [0.29, 0.717) is 0 Å². The minimum Gasteiger partial charge on any atom is -0.158 e. The molecule has 0 amide bonds. The standard InChI is InChI=1S/C18H28S/c1-3-5-6-19-16-10-13-9-15(16)18-12-7-11(4-2)14(8-12)17(13)18/h4,11-18H,2-3,5-10H2,1H3. The molecule has 0 aromatic rings. The summed E-state index contributed by atoms with van der Waals surface area (Å²) in [5.41, 5.74) is 0. The zero-order valence-electron chi connectivity index (χ0n) is 12.3. The molecule has 8 unspecified atom stereocenters. The van der Waals surface area contributed by atoms with Crippen LogP contribution < -0.4 is 0 Å². The van der Waals surface area contributed by atoms with Gasteiger partial charge in [-0.1, -0.05) is 19.4 Å². The molecule has 4 aliphatic carbocycles. The smallest absolute Gasteiger partial charge is 0.00810 e. The summed E-state index contributed by atoms with van der Waals surface area (Å²) < 4.78 is 0. The predicted octanol–water partition coefficient (Wildman–Crippen LogP) is 5.00. The molecule has 4 saturated carbocycles. The van der Waals surface area contributed by atoms with E-state index in [9.17, 15) is 0 Å². The van der Waals surface area contributed by atoms with Crippen molar-refractivity contribution in [3.8, 4) is 0 Å². The summed E-state index contributed by atoms with van der Waals surface area (Å²) in [6.07, 6.45) is 11.3. The van der Waals surface area contributed by atoms with Gasteiger partial charge in [-0.2, -0.15) is 11.8 Å². The molecule has 4 aliphatic rings. The SMILES string of the molecule is C=CC1CC2CC1C1C3CC(SCCCC)C(C3)C21. The Bertz CT molecular complexity index is 363. The maximum atomic E-state index is 4.10. The van der Waals surface area contributed by atoms with Crippen LogP contribution in [0, 0.1) is 41.4 Å². The third-order valence-electron chi connectivity index (χ3n) is 6.94. The third kappa shape index (κ3) is 1.79. The highest BCUT2D eigenvalue weighted by Gasteiger charge is 2.63. The zero-order valence-corrected chi connectivity index (χ0v) is 13.1. The van der Waals surface area contributed by atoms with Crippen molar-refractivity contribution in [2.45, 2.75) is 50.7 Å². The maximum Gasteiger partial charge on any atom is 0.00810 e. The Labute approximate surface area is 122 Å². The summed E-state index contributed by atoms with van der Waals surface area (Å²) in [4.78, 5) is 0. The van der Waals surface area contributed by atoms with Gasteiger partial charge in [0.25, 0.3) is 0 Å². The average Bonchev–Trinajstić information content (AvgIpc) is 3.15. The quantitative estimate of drug-likeness (QED) is 0.387. The van der Waals surface area contributed by atoms with E-state index in [-0.39, 0.29) is 0 Å². The van der Waals surface area contributed by atoms with Gasteiger partial charge in [0.1, 0.15) is 0 Å². The molecule has 1 heteroatoms. The van der Waals surface area contributed by atoms with Gasteiger partial charge in [-0.15, -0.1) is 6.58 Å². The van der Waals surface area contributed by atoms with Gasteiger partial charge in [-0.05, 0) is 79.3 Å². The Balaban J connectivity index is 1.45. The normalized spacial score (nSPS) is 53.7. The van der Waals surface area contributed by atoms with E-state index in [0.717, 1.165) is 46.7 Å². The Hall–Kier alpha value is 0.0900. The lowest BCUT2D eigenvalue weighted by Crippen LogP contribution is -2.36. The van der Waals surface area contributed by atoms with Gasteiger partial charge >= 0.3 is 0 Å². The van der Waals surface area contributed by atoms with Crippen LogP contribution in [-0.2, 0) is 0 Å². The van der Waals surface area contributed by atoms with Crippen molar-refractivity contribution >= 4 is 11.8 Å². The number of hydrogen-bond acceptors (Lipinski definition) is 1. The first kappa shape index (κ1) is 12.8. The second-order valence-electron chi connectivity index (χ2n) is 7.61. The van der Waals surface area contributed by atoms with Crippen LogP contribution >= 0.6 is 11.8 Å². The van der Waals surface area contributed by atoms with Crippen molar-refractivity contribution in [1.29, 1.82) is 0 Å². The molecule has 0 aliphatic heterocycles. The van der Waals surface area contributed by atoms with Crippen LogP contribution in [0.25, 0.3) is 0 Å². The van der Waals surface area contributed by atoms with Crippen molar-refractivity contribution < 1.29 is 0 Å². The highest BCUT2D eigenvalue weighted by atomic mass is 32.2. The molecule has 4 bridgehead atoms. The highest BCUT2D eigenvalue weighted by molar-refractivity contribution is 7.99. The van der Waals surface area contributed by atoms with Gasteiger partial charge in [-0.25, -0.2) is 0 Å². The molecule has 0 aromatic carbocycles. The molecule has 4 fully saturated rings. The molecular weight excluding hydrogens is 248 g/mol. The number of allylic oxidation sites excluding steroid dienone is 1. The lowest BCUT2D eigenvalue weighted by atomic mass is 9.67. The van der Waals surface area contributed by atoms with Gasteiger partial charge in [0.2, 0.25) is 0 Å². The first-order chi connectivity index (χ1) is 9.33. The fourth-order valence-corrected chi connectivity index (χ4v) is 8.11. The summed E-state index contributed by atoms with van der Waals surface area (Å²) in [5.74, 6) is 8.91. The summed E-state index contributed by atoms with van der Waals surface area (Å²) >= 11 is 2.33. The summed E-state index contributed by atoms with van der Waals surface area (Å²) in [6.45, 7) is 6.42. The Kier molecular flexibility index (Phi) is 3.25. The Morgan fingerprint density at radius 3 is 2.58 bits per heavy atom. The largest absolute Gasteiger partial charge is 0.158 e. The molecule has 4 rings (SSSR count). The van der Waals surface area contributed by atoms with Crippen molar-refractivity contribution in [3.63, 3.8) is 0 Å². The van der Waals surface area contributed by atoms with Crippen LogP contribution in [0.1, 0.15) is 45.4 Å². The molecule has 0 heterocycles. The molecule has 0 nitrogen and oxygen atoms in total. The average molecular weight is 276 g/mol. The van der Waals surface area contributed by atoms with Gasteiger partial charge in [0.05, 0.1) is 0 Å². The number of fused-ring (bicyclic) bond motifs is 9. The molecule has 0 N–H and O–H groups in total. The van der Waals surface area contributed by atoms with E-state index in [4.69, 9.17) is 0 Å². The van der Waals surface area contributed by atoms with E-state index < -0.39 is 0 Å². The molecule has 106 valence electrons. The molecule has 19 heavy (non-hydrogen) atoms. The lowest BCUT2D eigenvalue weighted by molar-refractivity contribution is 0.125. The zero-order chi connectivity index (χ0) is 13.0. The van der Waals surface area contributed by atoms with E-state index in [2.05, 4.69) is 31.3 Å². The number of unbranched alkanes of at least 4 members (excludes halogenated alkanes) is 1. The van der Waals surface area contributed by atoms with E-state index in [1.54, 1.807) is 19.3 Å². The van der Waals surface area contributed by atoms with Crippen LogP contribution in [0.2, 0.25) is 0 Å². The molecule has 0 radical (unpaired) electrons. The fourth-order valence-electron chi connectivity index (χ4n) is 6.43. The Morgan fingerprint density at radius 2 is 1.79 bits per heavy atom. The molecule has 0 saturated heterocycles. The summed E-state index contributed by atoms with van der Waals surface area (Å²) in [5, 5.41) is 1.04. The topological polar surface area (TPSA) is 0 Å². The summed E-state index contributed by atoms with van der Waals surface area (Å²) in [7, 11) is 0.